The molecule has 6 nitrogen and oxygen atoms in total. The molecule has 1 aromatic rings. The van der Waals surface area contributed by atoms with Crippen LogP contribution < -0.4 is 11.5 Å². The third kappa shape index (κ3) is 2.66. The van der Waals surface area contributed by atoms with Crippen LogP contribution in [-0.4, -0.2) is 29.4 Å². The molecule has 94 valence electrons. The number of anilines is 2. The molecule has 2 atom stereocenters. The maximum absolute atomic E-state index is 11.1. The lowest BCUT2D eigenvalue weighted by atomic mass is 9.98. The van der Waals surface area contributed by atoms with E-state index < -0.39 is 18.2 Å². The van der Waals surface area contributed by atoms with Gasteiger partial charge in [-0.3, -0.25) is 0 Å². The number of esters is 1. The van der Waals surface area contributed by atoms with Crippen LogP contribution >= 0.6 is 0 Å². The first-order chi connectivity index (χ1) is 7.88. The summed E-state index contributed by atoms with van der Waals surface area (Å²) < 4.78 is 4.34. The summed E-state index contributed by atoms with van der Waals surface area (Å²) in [4.78, 5) is 11.1. The minimum absolute atomic E-state index is 0.279. The summed E-state index contributed by atoms with van der Waals surface area (Å²) in [6, 6.07) is 3.00. The molecular weight excluding hydrogens is 224 g/mol. The van der Waals surface area contributed by atoms with Crippen LogP contribution in [-0.2, 0) is 9.53 Å². The van der Waals surface area contributed by atoms with E-state index in [4.69, 9.17) is 11.5 Å². The largest absolute Gasteiger partial charge is 0.467 e. The second-order valence-corrected chi connectivity index (χ2v) is 3.75. The minimum atomic E-state index is -1.65. The Balaban J connectivity index is 3.08. The van der Waals surface area contributed by atoms with Crippen molar-refractivity contribution >= 4 is 17.3 Å². The van der Waals surface area contributed by atoms with Crippen molar-refractivity contribution in [3.8, 4) is 0 Å². The number of nitrogens with two attached hydrogens (primary N) is 2. The van der Waals surface area contributed by atoms with Gasteiger partial charge in [0.15, 0.2) is 6.10 Å². The maximum Gasteiger partial charge on any atom is 0.337 e. The fourth-order valence-electron chi connectivity index (χ4n) is 1.50. The SMILES string of the molecule is COC(=O)C(O)C(O)c1cc(N)c(N)cc1C. The molecule has 0 aliphatic heterocycles. The van der Waals surface area contributed by atoms with Gasteiger partial charge in [-0.05, 0) is 30.2 Å². The highest BCUT2D eigenvalue weighted by Crippen LogP contribution is 2.27. The molecule has 1 aromatic carbocycles. The number of ether oxygens (including phenoxy) is 1. The van der Waals surface area contributed by atoms with E-state index in [2.05, 4.69) is 4.74 Å². The number of hydrogen-bond acceptors (Lipinski definition) is 6. The number of rotatable bonds is 3. The van der Waals surface area contributed by atoms with Gasteiger partial charge < -0.3 is 26.4 Å². The highest BCUT2D eigenvalue weighted by Gasteiger charge is 2.27. The lowest BCUT2D eigenvalue weighted by Crippen LogP contribution is -2.29. The quantitative estimate of drug-likeness (QED) is 0.426. The topological polar surface area (TPSA) is 119 Å². The van der Waals surface area contributed by atoms with Crippen LogP contribution in [0.15, 0.2) is 12.1 Å². The number of nitrogen functional groups attached to an aromatic ring is 2. The molecule has 0 spiro atoms. The Kier molecular flexibility index (Phi) is 3.93. The van der Waals surface area contributed by atoms with E-state index in [1.165, 1.54) is 6.07 Å². The van der Waals surface area contributed by atoms with Crippen LogP contribution in [0.3, 0.4) is 0 Å². The molecule has 0 bridgehead atoms. The van der Waals surface area contributed by atoms with Crippen molar-refractivity contribution in [3.63, 3.8) is 0 Å². The smallest absolute Gasteiger partial charge is 0.337 e. The Morgan fingerprint density at radius 2 is 1.82 bits per heavy atom. The third-order valence-electron chi connectivity index (χ3n) is 2.53. The van der Waals surface area contributed by atoms with E-state index in [1.807, 2.05) is 0 Å². The molecule has 0 fully saturated rings. The molecule has 0 heterocycles. The highest BCUT2D eigenvalue weighted by molar-refractivity contribution is 5.76. The van der Waals surface area contributed by atoms with Crippen LogP contribution in [0.1, 0.15) is 17.2 Å². The number of aryl methyl sites for hydroxylation is 1. The fourth-order valence-corrected chi connectivity index (χ4v) is 1.50. The number of benzene rings is 1. The van der Waals surface area contributed by atoms with Crippen molar-refractivity contribution in [1.82, 2.24) is 0 Å². The monoisotopic (exact) mass is 240 g/mol. The third-order valence-corrected chi connectivity index (χ3v) is 2.53. The first-order valence-electron chi connectivity index (χ1n) is 4.98. The predicted molar refractivity (Wildman–Crippen MR) is 63.0 cm³/mol. The van der Waals surface area contributed by atoms with Crippen LogP contribution in [0, 0.1) is 6.92 Å². The van der Waals surface area contributed by atoms with E-state index in [-0.39, 0.29) is 5.69 Å². The molecule has 1 rings (SSSR count). The number of aliphatic hydroxyl groups excluding tert-OH is 2. The second kappa shape index (κ2) is 5.03. The number of methoxy groups -OCH3 is 1. The van der Waals surface area contributed by atoms with Gasteiger partial charge in [0.05, 0.1) is 18.5 Å². The van der Waals surface area contributed by atoms with Crippen molar-refractivity contribution in [2.75, 3.05) is 18.6 Å². The molecule has 6 heteroatoms. The molecule has 0 aromatic heterocycles. The van der Waals surface area contributed by atoms with E-state index >= 15 is 0 Å². The molecule has 0 saturated heterocycles. The Morgan fingerprint density at radius 3 is 2.35 bits per heavy atom. The van der Waals surface area contributed by atoms with Gasteiger partial charge in [0, 0.05) is 0 Å². The van der Waals surface area contributed by atoms with Gasteiger partial charge >= 0.3 is 5.97 Å². The first-order valence-corrected chi connectivity index (χ1v) is 4.98. The summed E-state index contributed by atoms with van der Waals surface area (Å²) in [7, 11) is 1.13. The Morgan fingerprint density at radius 1 is 1.29 bits per heavy atom. The normalized spacial score (nSPS) is 14.1. The number of aliphatic hydroxyl groups is 2. The van der Waals surface area contributed by atoms with Gasteiger partial charge in [0.1, 0.15) is 6.10 Å². The van der Waals surface area contributed by atoms with Gasteiger partial charge in [-0.15, -0.1) is 0 Å². The van der Waals surface area contributed by atoms with E-state index in [0.717, 1.165) is 7.11 Å². The molecule has 17 heavy (non-hydrogen) atoms. The average molecular weight is 240 g/mol. The molecule has 2 unspecified atom stereocenters. The molecule has 0 saturated carbocycles. The molecule has 0 amide bonds. The average Bonchev–Trinajstić information content (AvgIpc) is 2.31. The number of carbonyl (C=O) groups excluding carboxylic acids is 1. The van der Waals surface area contributed by atoms with Gasteiger partial charge in [-0.1, -0.05) is 0 Å². The summed E-state index contributed by atoms with van der Waals surface area (Å²) in [5, 5.41) is 19.4. The molecule has 6 N–H and O–H groups in total. The van der Waals surface area contributed by atoms with Crippen LogP contribution in [0.5, 0.6) is 0 Å². The summed E-state index contributed by atoms with van der Waals surface area (Å²) in [5.41, 5.74) is 12.8. The number of carbonyl (C=O) groups is 1. The summed E-state index contributed by atoms with van der Waals surface area (Å²) in [6.07, 6.45) is -3.05. The van der Waals surface area contributed by atoms with Crippen LogP contribution in [0.25, 0.3) is 0 Å². The zero-order valence-corrected chi connectivity index (χ0v) is 9.68. The van der Waals surface area contributed by atoms with Crippen LogP contribution in [0.2, 0.25) is 0 Å². The predicted octanol–water partition coefficient (Wildman–Crippen LogP) is -0.273. The van der Waals surface area contributed by atoms with E-state index in [9.17, 15) is 15.0 Å². The Hall–Kier alpha value is -1.79. The van der Waals surface area contributed by atoms with Gasteiger partial charge in [-0.2, -0.15) is 0 Å². The zero-order valence-electron chi connectivity index (χ0n) is 9.68. The van der Waals surface area contributed by atoms with E-state index in [0.29, 0.717) is 16.8 Å². The minimum Gasteiger partial charge on any atom is -0.467 e. The Bertz CT molecular complexity index is 434. The molecule has 0 radical (unpaired) electrons. The van der Waals surface area contributed by atoms with E-state index in [1.54, 1.807) is 13.0 Å². The zero-order chi connectivity index (χ0) is 13.2. The standard InChI is InChI=1S/C11H16N2O4/c1-5-3-7(12)8(13)4-6(5)9(14)10(15)11(16)17-2/h3-4,9-10,14-15H,12-13H2,1-2H3. The van der Waals surface area contributed by atoms with Crippen molar-refractivity contribution in [2.24, 2.45) is 0 Å². The maximum atomic E-state index is 11.1. The second-order valence-electron chi connectivity index (χ2n) is 3.75. The molecule has 0 aliphatic carbocycles. The summed E-state index contributed by atoms with van der Waals surface area (Å²) in [6.45, 7) is 1.69. The lowest BCUT2D eigenvalue weighted by Gasteiger charge is -2.19. The van der Waals surface area contributed by atoms with Crippen LogP contribution in [0.4, 0.5) is 11.4 Å². The highest BCUT2D eigenvalue weighted by atomic mass is 16.5. The lowest BCUT2D eigenvalue weighted by molar-refractivity contribution is -0.156. The van der Waals surface area contributed by atoms with Gasteiger partial charge in [0.25, 0.3) is 0 Å². The molecule has 0 aliphatic rings. The fraction of sp³-hybridized carbons (Fsp3) is 0.364. The molecular formula is C11H16N2O4. The van der Waals surface area contributed by atoms with Crippen molar-refractivity contribution < 1.29 is 19.7 Å². The summed E-state index contributed by atoms with van der Waals surface area (Å²) in [5.74, 6) is -0.910. The Labute approximate surface area is 98.8 Å². The van der Waals surface area contributed by atoms with Crippen molar-refractivity contribution in [3.05, 3.63) is 23.3 Å². The van der Waals surface area contributed by atoms with Crippen molar-refractivity contribution in [2.45, 2.75) is 19.1 Å². The summed E-state index contributed by atoms with van der Waals surface area (Å²) >= 11 is 0. The van der Waals surface area contributed by atoms with Gasteiger partial charge in [-0.25, -0.2) is 4.79 Å². The number of hydrogen-bond donors (Lipinski definition) is 4. The van der Waals surface area contributed by atoms with Gasteiger partial charge in [0.2, 0.25) is 0 Å². The van der Waals surface area contributed by atoms with Crippen molar-refractivity contribution in [1.29, 1.82) is 0 Å². The first kappa shape index (κ1) is 13.3.